The Balaban J connectivity index is 1.51. The van der Waals surface area contributed by atoms with Gasteiger partial charge in [-0.1, -0.05) is 42.2 Å². The topological polar surface area (TPSA) is 97.0 Å². The lowest BCUT2D eigenvalue weighted by Gasteiger charge is -2.14. The highest BCUT2D eigenvalue weighted by atomic mass is 79.9. The second-order valence-electron chi connectivity index (χ2n) is 7.03. The van der Waals surface area contributed by atoms with Crippen molar-refractivity contribution in [2.75, 3.05) is 20.8 Å². The molecular weight excluding hydrogens is 542 g/mol. The van der Waals surface area contributed by atoms with Crippen LogP contribution in [0.5, 0.6) is 11.5 Å². The Morgan fingerprint density at radius 1 is 1.12 bits per heavy atom. The predicted octanol–water partition coefficient (Wildman–Crippen LogP) is 3.91. The third-order valence-electron chi connectivity index (χ3n) is 4.80. The number of thioether (sulfide) groups is 1. The molecule has 2 aromatic rings. The number of hydrogen-bond acceptors (Lipinski definition) is 7. The molecule has 8 nitrogen and oxygen atoms in total. The molecule has 2 N–H and O–H groups in total. The third-order valence-corrected chi connectivity index (χ3v) is 6.87. The first-order chi connectivity index (χ1) is 16.3. The largest absolute Gasteiger partial charge is 0.493 e. The highest BCUT2D eigenvalue weighted by Crippen LogP contribution is 2.34. The molecule has 1 aliphatic heterocycles. The fraction of sp³-hybridized carbons (Fsp3) is 0.217. The van der Waals surface area contributed by atoms with Crippen LogP contribution in [0.25, 0.3) is 6.08 Å². The Bertz CT molecular complexity index is 1160. The number of carbonyl (C=O) groups is 3. The van der Waals surface area contributed by atoms with Crippen molar-refractivity contribution in [3.05, 3.63) is 63.0 Å². The van der Waals surface area contributed by atoms with E-state index in [9.17, 15) is 14.4 Å². The summed E-state index contributed by atoms with van der Waals surface area (Å²) in [5.41, 5.74) is 5.94. The van der Waals surface area contributed by atoms with Crippen LogP contribution in [-0.4, -0.2) is 47.7 Å². The quantitative estimate of drug-likeness (QED) is 0.285. The number of halogens is 1. The summed E-state index contributed by atoms with van der Waals surface area (Å²) in [6.07, 6.45) is 2.24. The van der Waals surface area contributed by atoms with E-state index >= 15 is 0 Å². The van der Waals surface area contributed by atoms with Crippen molar-refractivity contribution in [1.82, 2.24) is 15.8 Å². The fourth-order valence-corrected chi connectivity index (χ4v) is 4.86. The van der Waals surface area contributed by atoms with Gasteiger partial charge in [0, 0.05) is 17.4 Å². The van der Waals surface area contributed by atoms with Gasteiger partial charge in [0.05, 0.1) is 24.7 Å². The lowest BCUT2D eigenvalue weighted by molar-refractivity contribution is -0.124. The second-order valence-corrected chi connectivity index (χ2v) is 9.56. The molecule has 1 fully saturated rings. The zero-order valence-electron chi connectivity index (χ0n) is 18.4. The first-order valence-corrected chi connectivity index (χ1v) is 12.2. The van der Waals surface area contributed by atoms with Gasteiger partial charge < -0.3 is 9.47 Å². The van der Waals surface area contributed by atoms with E-state index in [0.29, 0.717) is 43.7 Å². The Kier molecular flexibility index (Phi) is 9.08. The van der Waals surface area contributed by atoms with Gasteiger partial charge >= 0.3 is 0 Å². The van der Waals surface area contributed by atoms with Crippen LogP contribution >= 0.6 is 39.9 Å². The number of thiocarbonyl (C=S) groups is 1. The number of methoxy groups -OCH3 is 2. The molecule has 2 aromatic carbocycles. The summed E-state index contributed by atoms with van der Waals surface area (Å²) in [4.78, 5) is 39.0. The van der Waals surface area contributed by atoms with E-state index in [0.717, 1.165) is 5.56 Å². The fourth-order valence-electron chi connectivity index (χ4n) is 3.09. The normalized spacial score (nSPS) is 14.3. The first kappa shape index (κ1) is 25.7. The number of ether oxygens (including phenoxy) is 2. The standard InChI is InChI=1S/C23H22BrN3O5S2/c1-31-17-10-9-14(12-18(17)32-2)13-19-22(30)27(23(33)34-19)11-5-8-20(28)25-26-21(29)15-6-3-4-7-16(15)24/h3-4,6-7,9-10,12-13H,5,8,11H2,1-2H3,(H,25,28)(H,26,29)/b19-13-. The Labute approximate surface area is 215 Å². The van der Waals surface area contributed by atoms with Gasteiger partial charge in [-0.25, -0.2) is 0 Å². The van der Waals surface area contributed by atoms with Crippen molar-refractivity contribution in [3.8, 4) is 11.5 Å². The van der Waals surface area contributed by atoms with Gasteiger partial charge in [0.25, 0.3) is 11.8 Å². The van der Waals surface area contributed by atoms with E-state index in [1.807, 2.05) is 6.07 Å². The smallest absolute Gasteiger partial charge is 0.270 e. The number of rotatable bonds is 8. The zero-order chi connectivity index (χ0) is 24.7. The van der Waals surface area contributed by atoms with E-state index in [2.05, 4.69) is 26.8 Å². The SMILES string of the molecule is COc1ccc(/C=C2\SC(=S)N(CCCC(=O)NNC(=O)c3ccccc3Br)C2=O)cc1OC. The third kappa shape index (κ3) is 6.37. The van der Waals surface area contributed by atoms with Crippen LogP contribution in [0, 0.1) is 0 Å². The van der Waals surface area contributed by atoms with E-state index in [1.165, 1.54) is 16.7 Å². The Morgan fingerprint density at radius 3 is 2.56 bits per heavy atom. The maximum atomic E-state index is 12.8. The van der Waals surface area contributed by atoms with Crippen molar-refractivity contribution in [2.45, 2.75) is 12.8 Å². The predicted molar refractivity (Wildman–Crippen MR) is 138 cm³/mol. The van der Waals surface area contributed by atoms with Crippen LogP contribution in [0.15, 0.2) is 51.8 Å². The molecule has 0 saturated carbocycles. The monoisotopic (exact) mass is 563 g/mol. The summed E-state index contributed by atoms with van der Waals surface area (Å²) >= 11 is 9.85. The molecule has 3 amide bonds. The Morgan fingerprint density at radius 2 is 1.85 bits per heavy atom. The van der Waals surface area contributed by atoms with E-state index < -0.39 is 5.91 Å². The van der Waals surface area contributed by atoms with Crippen molar-refractivity contribution in [1.29, 1.82) is 0 Å². The van der Waals surface area contributed by atoms with Crippen LogP contribution in [-0.2, 0) is 9.59 Å². The summed E-state index contributed by atoms with van der Waals surface area (Å²) in [6.45, 7) is 0.291. The number of nitrogens with zero attached hydrogens (tertiary/aromatic N) is 1. The van der Waals surface area contributed by atoms with Crippen LogP contribution in [0.4, 0.5) is 0 Å². The minimum absolute atomic E-state index is 0.113. The minimum atomic E-state index is -0.432. The summed E-state index contributed by atoms with van der Waals surface area (Å²) in [7, 11) is 3.10. The lowest BCUT2D eigenvalue weighted by atomic mass is 10.2. The molecular formula is C23H22BrN3O5S2. The average Bonchev–Trinajstić information content (AvgIpc) is 3.10. The second kappa shape index (κ2) is 12.0. The molecule has 0 aliphatic carbocycles. The number of benzene rings is 2. The van der Waals surface area contributed by atoms with Gasteiger partial charge in [-0.15, -0.1) is 0 Å². The van der Waals surface area contributed by atoms with E-state index in [4.69, 9.17) is 21.7 Å². The Hall–Kier alpha value is -2.89. The first-order valence-electron chi connectivity index (χ1n) is 10.1. The molecule has 0 spiro atoms. The summed E-state index contributed by atoms with van der Waals surface area (Å²) in [5.74, 6) is 0.139. The minimum Gasteiger partial charge on any atom is -0.493 e. The van der Waals surface area contributed by atoms with Crippen LogP contribution in [0.2, 0.25) is 0 Å². The van der Waals surface area contributed by atoms with Crippen molar-refractivity contribution in [2.24, 2.45) is 0 Å². The van der Waals surface area contributed by atoms with Gasteiger partial charge in [0.15, 0.2) is 11.5 Å². The van der Waals surface area contributed by atoms with Crippen molar-refractivity contribution in [3.63, 3.8) is 0 Å². The number of nitrogens with one attached hydrogen (secondary N) is 2. The van der Waals surface area contributed by atoms with Crippen molar-refractivity contribution >= 4 is 68.0 Å². The molecule has 1 heterocycles. The molecule has 34 heavy (non-hydrogen) atoms. The molecule has 178 valence electrons. The molecule has 0 bridgehead atoms. The van der Waals surface area contributed by atoms with Crippen LogP contribution in [0.3, 0.4) is 0 Å². The van der Waals surface area contributed by atoms with Crippen LogP contribution in [0.1, 0.15) is 28.8 Å². The maximum absolute atomic E-state index is 12.8. The zero-order valence-corrected chi connectivity index (χ0v) is 21.6. The van der Waals surface area contributed by atoms with Crippen LogP contribution < -0.4 is 20.3 Å². The molecule has 0 radical (unpaired) electrons. The number of amides is 3. The number of hydrazine groups is 1. The maximum Gasteiger partial charge on any atom is 0.270 e. The summed E-state index contributed by atoms with van der Waals surface area (Å²) < 4.78 is 11.6. The summed E-state index contributed by atoms with van der Waals surface area (Å²) in [5, 5.41) is 0. The number of carbonyl (C=O) groups excluding carboxylic acids is 3. The summed E-state index contributed by atoms with van der Waals surface area (Å²) in [6, 6.07) is 12.2. The molecule has 0 unspecified atom stereocenters. The lowest BCUT2D eigenvalue weighted by Crippen LogP contribution is -2.42. The van der Waals surface area contributed by atoms with E-state index in [-0.39, 0.29) is 18.2 Å². The molecule has 1 saturated heterocycles. The average molecular weight is 564 g/mol. The molecule has 1 aliphatic rings. The van der Waals surface area contributed by atoms with Gasteiger partial charge in [-0.3, -0.25) is 30.1 Å². The van der Waals surface area contributed by atoms with Gasteiger partial charge in [-0.05, 0) is 58.3 Å². The molecule has 3 rings (SSSR count). The highest BCUT2D eigenvalue weighted by Gasteiger charge is 2.31. The van der Waals surface area contributed by atoms with Gasteiger partial charge in [0.1, 0.15) is 4.32 Å². The molecule has 11 heteroatoms. The highest BCUT2D eigenvalue weighted by molar-refractivity contribution is 9.10. The van der Waals surface area contributed by atoms with E-state index in [1.54, 1.807) is 56.7 Å². The number of hydrogen-bond donors (Lipinski definition) is 2. The van der Waals surface area contributed by atoms with Crippen molar-refractivity contribution < 1.29 is 23.9 Å². The molecule has 0 aromatic heterocycles. The van der Waals surface area contributed by atoms with Gasteiger partial charge in [-0.2, -0.15) is 0 Å². The van der Waals surface area contributed by atoms with Gasteiger partial charge in [0.2, 0.25) is 5.91 Å². The molecule has 0 atom stereocenters.